The zero-order valence-corrected chi connectivity index (χ0v) is 11.0. The number of nitrogens with zero attached hydrogens (tertiary/aromatic N) is 1. The molecular formula is C12H28N2O. The normalized spacial score (nSPS) is 16.0. The molecule has 0 aromatic heterocycles. The first-order valence-electron chi connectivity index (χ1n) is 5.86. The molecule has 0 radical (unpaired) electrons. The average molecular weight is 216 g/mol. The number of rotatable bonds is 8. The molecule has 0 rings (SSSR count). The number of methoxy groups -OCH3 is 1. The smallest absolute Gasteiger partial charge is 0.0589 e. The quantitative estimate of drug-likeness (QED) is 0.671. The van der Waals surface area contributed by atoms with Crippen molar-refractivity contribution >= 4 is 0 Å². The van der Waals surface area contributed by atoms with Crippen LogP contribution in [0.1, 0.15) is 33.6 Å². The second kappa shape index (κ2) is 7.20. The molecule has 0 bridgehead atoms. The van der Waals surface area contributed by atoms with Crippen LogP contribution in [0.2, 0.25) is 0 Å². The van der Waals surface area contributed by atoms with E-state index in [1.54, 1.807) is 7.11 Å². The molecule has 3 heteroatoms. The predicted molar refractivity (Wildman–Crippen MR) is 66.0 cm³/mol. The summed E-state index contributed by atoms with van der Waals surface area (Å²) in [5.41, 5.74) is 6.00. The summed E-state index contributed by atoms with van der Waals surface area (Å²) in [6.07, 6.45) is 2.38. The van der Waals surface area contributed by atoms with Crippen LogP contribution in [0.5, 0.6) is 0 Å². The number of ether oxygens (including phenoxy) is 1. The summed E-state index contributed by atoms with van der Waals surface area (Å²) in [6, 6.07) is 0. The van der Waals surface area contributed by atoms with E-state index in [0.29, 0.717) is 6.54 Å². The van der Waals surface area contributed by atoms with Crippen LogP contribution in [0, 0.1) is 5.92 Å². The molecule has 0 saturated carbocycles. The lowest BCUT2D eigenvalue weighted by molar-refractivity contribution is 0.0847. The Bertz CT molecular complexity index is 162. The fourth-order valence-electron chi connectivity index (χ4n) is 1.55. The minimum Gasteiger partial charge on any atom is -0.383 e. The van der Waals surface area contributed by atoms with Gasteiger partial charge in [0, 0.05) is 25.7 Å². The summed E-state index contributed by atoms with van der Waals surface area (Å²) < 4.78 is 5.10. The maximum atomic E-state index is 5.88. The third-order valence-corrected chi connectivity index (χ3v) is 3.25. The van der Waals surface area contributed by atoms with Crippen molar-refractivity contribution in [2.75, 3.05) is 33.9 Å². The Morgan fingerprint density at radius 2 is 2.00 bits per heavy atom. The standard InChI is InChI=1S/C12H28N2O/c1-11(2)6-7-12(3,10-13)14(4)8-9-15-5/h11H,6-10,13H2,1-5H3. The average Bonchev–Trinajstić information content (AvgIpc) is 2.22. The number of hydrogen-bond donors (Lipinski definition) is 1. The van der Waals surface area contributed by atoms with E-state index < -0.39 is 0 Å². The Labute approximate surface area is 95.0 Å². The Balaban J connectivity index is 4.14. The summed E-state index contributed by atoms with van der Waals surface area (Å²) in [5, 5.41) is 0. The Kier molecular flexibility index (Phi) is 7.14. The van der Waals surface area contributed by atoms with Crippen LogP contribution in [-0.2, 0) is 4.74 Å². The monoisotopic (exact) mass is 216 g/mol. The van der Waals surface area contributed by atoms with Crippen molar-refractivity contribution < 1.29 is 4.74 Å². The van der Waals surface area contributed by atoms with Gasteiger partial charge in [-0.25, -0.2) is 0 Å². The molecule has 0 aromatic carbocycles. The van der Waals surface area contributed by atoms with Crippen LogP contribution in [0.4, 0.5) is 0 Å². The molecule has 0 aliphatic rings. The fraction of sp³-hybridized carbons (Fsp3) is 1.00. The Hall–Kier alpha value is -0.120. The third kappa shape index (κ3) is 5.50. The van der Waals surface area contributed by atoms with Crippen molar-refractivity contribution in [2.24, 2.45) is 11.7 Å². The molecule has 0 spiro atoms. The lowest BCUT2D eigenvalue weighted by Gasteiger charge is -2.38. The van der Waals surface area contributed by atoms with Gasteiger partial charge in [0.05, 0.1) is 6.61 Å². The van der Waals surface area contributed by atoms with Crippen molar-refractivity contribution in [2.45, 2.75) is 39.2 Å². The van der Waals surface area contributed by atoms with Gasteiger partial charge in [0.1, 0.15) is 0 Å². The molecule has 0 fully saturated rings. The highest BCUT2D eigenvalue weighted by molar-refractivity contribution is 4.85. The SMILES string of the molecule is COCCN(C)C(C)(CN)CCC(C)C. The van der Waals surface area contributed by atoms with Crippen LogP contribution in [0.3, 0.4) is 0 Å². The molecule has 1 unspecified atom stereocenters. The highest BCUT2D eigenvalue weighted by atomic mass is 16.5. The van der Waals surface area contributed by atoms with Crippen molar-refractivity contribution in [3.8, 4) is 0 Å². The van der Waals surface area contributed by atoms with E-state index in [0.717, 1.165) is 25.5 Å². The van der Waals surface area contributed by atoms with E-state index in [9.17, 15) is 0 Å². The zero-order valence-electron chi connectivity index (χ0n) is 11.0. The largest absolute Gasteiger partial charge is 0.383 e. The lowest BCUT2D eigenvalue weighted by Crippen LogP contribution is -2.50. The molecule has 0 aliphatic carbocycles. The van der Waals surface area contributed by atoms with Crippen LogP contribution < -0.4 is 5.73 Å². The van der Waals surface area contributed by atoms with Gasteiger partial charge in [-0.05, 0) is 32.7 Å². The zero-order chi connectivity index (χ0) is 11.9. The summed E-state index contributed by atoms with van der Waals surface area (Å²) in [5.74, 6) is 0.742. The minimum atomic E-state index is 0.114. The highest BCUT2D eigenvalue weighted by Gasteiger charge is 2.27. The van der Waals surface area contributed by atoms with Gasteiger partial charge >= 0.3 is 0 Å². The third-order valence-electron chi connectivity index (χ3n) is 3.25. The summed E-state index contributed by atoms with van der Waals surface area (Å²) in [6.45, 7) is 9.18. The Morgan fingerprint density at radius 3 is 2.40 bits per heavy atom. The molecule has 0 heterocycles. The van der Waals surface area contributed by atoms with Crippen molar-refractivity contribution in [1.29, 1.82) is 0 Å². The number of likely N-dealkylation sites (N-methyl/N-ethyl adjacent to an activating group) is 1. The second-order valence-corrected chi connectivity index (χ2v) is 5.05. The van der Waals surface area contributed by atoms with Crippen LogP contribution >= 0.6 is 0 Å². The molecular weight excluding hydrogens is 188 g/mol. The minimum absolute atomic E-state index is 0.114. The second-order valence-electron chi connectivity index (χ2n) is 5.05. The van der Waals surface area contributed by atoms with E-state index in [1.165, 1.54) is 6.42 Å². The fourth-order valence-corrected chi connectivity index (χ4v) is 1.55. The summed E-state index contributed by atoms with van der Waals surface area (Å²) in [7, 11) is 3.87. The van der Waals surface area contributed by atoms with Gasteiger partial charge in [0.15, 0.2) is 0 Å². The number of nitrogens with two attached hydrogens (primary N) is 1. The van der Waals surface area contributed by atoms with Gasteiger partial charge in [-0.3, -0.25) is 4.90 Å². The van der Waals surface area contributed by atoms with E-state index in [2.05, 4.69) is 32.7 Å². The highest BCUT2D eigenvalue weighted by Crippen LogP contribution is 2.21. The van der Waals surface area contributed by atoms with Gasteiger partial charge < -0.3 is 10.5 Å². The molecule has 0 aliphatic heterocycles. The maximum absolute atomic E-state index is 5.88. The first-order valence-corrected chi connectivity index (χ1v) is 5.86. The molecule has 92 valence electrons. The van der Waals surface area contributed by atoms with Gasteiger partial charge in [-0.2, -0.15) is 0 Å². The lowest BCUT2D eigenvalue weighted by atomic mass is 9.90. The van der Waals surface area contributed by atoms with Crippen LogP contribution in [0.25, 0.3) is 0 Å². The first-order chi connectivity index (χ1) is 6.96. The summed E-state index contributed by atoms with van der Waals surface area (Å²) >= 11 is 0. The molecule has 0 amide bonds. The van der Waals surface area contributed by atoms with Crippen LogP contribution in [-0.4, -0.2) is 44.3 Å². The van der Waals surface area contributed by atoms with Gasteiger partial charge in [-0.15, -0.1) is 0 Å². The van der Waals surface area contributed by atoms with Crippen molar-refractivity contribution in [3.63, 3.8) is 0 Å². The topological polar surface area (TPSA) is 38.5 Å². The van der Waals surface area contributed by atoms with E-state index in [1.807, 2.05) is 0 Å². The first kappa shape index (κ1) is 14.9. The van der Waals surface area contributed by atoms with E-state index >= 15 is 0 Å². The van der Waals surface area contributed by atoms with Crippen LogP contribution in [0.15, 0.2) is 0 Å². The number of hydrogen-bond acceptors (Lipinski definition) is 3. The molecule has 15 heavy (non-hydrogen) atoms. The van der Waals surface area contributed by atoms with Crippen molar-refractivity contribution in [3.05, 3.63) is 0 Å². The van der Waals surface area contributed by atoms with Gasteiger partial charge in [0.25, 0.3) is 0 Å². The molecule has 0 aromatic rings. The summed E-state index contributed by atoms with van der Waals surface area (Å²) in [4.78, 5) is 2.32. The predicted octanol–water partition coefficient (Wildman–Crippen LogP) is 1.72. The molecule has 0 saturated heterocycles. The van der Waals surface area contributed by atoms with Crippen molar-refractivity contribution in [1.82, 2.24) is 4.90 Å². The van der Waals surface area contributed by atoms with E-state index in [-0.39, 0.29) is 5.54 Å². The van der Waals surface area contributed by atoms with E-state index in [4.69, 9.17) is 10.5 Å². The van der Waals surface area contributed by atoms with Gasteiger partial charge in [-0.1, -0.05) is 13.8 Å². The molecule has 1 atom stereocenters. The maximum Gasteiger partial charge on any atom is 0.0589 e. The van der Waals surface area contributed by atoms with Gasteiger partial charge in [0.2, 0.25) is 0 Å². The molecule has 3 nitrogen and oxygen atoms in total. The molecule has 2 N–H and O–H groups in total. The Morgan fingerprint density at radius 1 is 1.40 bits per heavy atom.